The predicted molar refractivity (Wildman–Crippen MR) is 76.8 cm³/mol. The van der Waals surface area contributed by atoms with Gasteiger partial charge in [0.05, 0.1) is 5.56 Å². The largest absolute Gasteiger partial charge is 0.601 e. The molecular weight excluding hydrogens is 304 g/mol. The Morgan fingerprint density at radius 2 is 1.70 bits per heavy atom. The zero-order chi connectivity index (χ0) is 16.6. The number of rotatable bonds is 3. The normalized spacial score (nSPS) is 20.1. The summed E-state index contributed by atoms with van der Waals surface area (Å²) in [5, 5.41) is 23.0. The zero-order valence-corrected chi connectivity index (χ0v) is 11.7. The quantitative estimate of drug-likeness (QED) is 0.497. The fourth-order valence-electron chi connectivity index (χ4n) is 2.37. The molecule has 0 aliphatic carbocycles. The Bertz CT molecular complexity index is 767. The zero-order valence-electron chi connectivity index (χ0n) is 11.7. The number of benzene rings is 2. The minimum Gasteiger partial charge on any atom is -0.601 e. The minimum atomic E-state index is -1.30. The molecule has 9 heteroatoms. The second kappa shape index (κ2) is 5.76. The van der Waals surface area contributed by atoms with Gasteiger partial charge in [0, 0.05) is 11.6 Å². The second-order valence-corrected chi connectivity index (χ2v) is 4.74. The number of hydrogen-bond donors (Lipinski definition) is 3. The maximum Gasteiger partial charge on any atom is 0.432 e. The number of nitrogens with zero attached hydrogens (tertiary/aromatic N) is 1. The van der Waals surface area contributed by atoms with E-state index in [0.717, 1.165) is 0 Å². The molecule has 1 heterocycles. The summed E-state index contributed by atoms with van der Waals surface area (Å²) < 4.78 is 0. The van der Waals surface area contributed by atoms with Gasteiger partial charge in [-0.15, -0.1) is 0 Å². The van der Waals surface area contributed by atoms with Gasteiger partial charge >= 0.3 is 6.09 Å². The first-order valence-electron chi connectivity index (χ1n) is 6.59. The lowest BCUT2D eigenvalue weighted by Gasteiger charge is -2.25. The van der Waals surface area contributed by atoms with Crippen molar-refractivity contribution in [3.8, 4) is 0 Å². The molecule has 2 aromatic carbocycles. The van der Waals surface area contributed by atoms with Crippen molar-refractivity contribution >= 4 is 23.3 Å². The molecule has 23 heavy (non-hydrogen) atoms. The van der Waals surface area contributed by atoms with Crippen LogP contribution in [0.15, 0.2) is 48.5 Å². The van der Waals surface area contributed by atoms with Gasteiger partial charge in [0.25, 0.3) is 0 Å². The molecule has 2 aromatic rings. The van der Waals surface area contributed by atoms with E-state index in [9.17, 15) is 20.0 Å². The maximum absolute atomic E-state index is 12.6. The molecule has 1 amide bonds. The summed E-state index contributed by atoms with van der Waals surface area (Å²) in [4.78, 5) is 27.8. The van der Waals surface area contributed by atoms with Gasteiger partial charge in [0.2, 0.25) is 16.7 Å². The number of nitrogens with one attached hydrogen (secondary N) is 2. The van der Waals surface area contributed by atoms with Gasteiger partial charge in [-0.25, -0.2) is 4.79 Å². The summed E-state index contributed by atoms with van der Waals surface area (Å²) in [5.74, 6) is -0.412. The summed E-state index contributed by atoms with van der Waals surface area (Å²) in [7, 11) is 0. The Kier molecular flexibility index (Phi) is 3.78. The van der Waals surface area contributed by atoms with Crippen LogP contribution in [0.2, 0.25) is 0 Å². The van der Waals surface area contributed by atoms with Crippen LogP contribution in [0.4, 0.5) is 16.2 Å². The summed E-state index contributed by atoms with van der Waals surface area (Å²) >= 11 is 0. The molecule has 0 saturated heterocycles. The van der Waals surface area contributed by atoms with E-state index in [-0.39, 0.29) is 22.2 Å². The molecule has 0 aromatic heterocycles. The van der Waals surface area contributed by atoms with E-state index >= 15 is 0 Å². The van der Waals surface area contributed by atoms with Crippen LogP contribution in [-0.4, -0.2) is 17.2 Å². The number of primary amides is 1. The highest BCUT2D eigenvalue weighted by atomic mass is 16.9. The van der Waals surface area contributed by atoms with Crippen molar-refractivity contribution in [2.45, 2.75) is 0 Å². The van der Waals surface area contributed by atoms with Gasteiger partial charge in [-0.2, -0.15) is 10.3 Å². The first kappa shape index (κ1) is 15.1. The average molecular weight is 316 g/mol. The lowest BCUT2D eigenvalue weighted by Crippen LogP contribution is -3.26. The van der Waals surface area contributed by atoms with Gasteiger partial charge < -0.3 is 16.1 Å². The third kappa shape index (κ3) is 2.54. The van der Waals surface area contributed by atoms with Crippen LogP contribution in [0.3, 0.4) is 0 Å². The standard InChI is InChI=1S/C14H12N4O5/c15-14(20)23-18-16(21)11-8-4-7-10(12(11)17(18)22)13(19)9-5-2-1-3-6-9/h1-8,16-17H,(H2,15,20). The van der Waals surface area contributed by atoms with Crippen LogP contribution in [-0.2, 0) is 4.84 Å². The molecule has 3 rings (SSSR count). The van der Waals surface area contributed by atoms with Gasteiger partial charge in [-0.1, -0.05) is 36.4 Å². The van der Waals surface area contributed by atoms with Crippen molar-refractivity contribution in [2.75, 3.05) is 0 Å². The second-order valence-electron chi connectivity index (χ2n) is 4.74. The highest BCUT2D eigenvalue weighted by Crippen LogP contribution is 2.24. The molecule has 0 saturated carbocycles. The van der Waals surface area contributed by atoms with Crippen LogP contribution in [0.5, 0.6) is 0 Å². The number of amides is 1. The molecule has 9 nitrogen and oxygen atoms in total. The SMILES string of the molecule is NC(=O)ON1[NH+]([O-])c2cccc(C(=O)c3ccccc3)c2[NH+]1[O-]. The Morgan fingerprint density at radius 3 is 2.35 bits per heavy atom. The third-order valence-electron chi connectivity index (χ3n) is 3.34. The van der Waals surface area contributed by atoms with Crippen molar-refractivity contribution in [1.82, 2.24) is 5.28 Å². The van der Waals surface area contributed by atoms with E-state index in [1.165, 1.54) is 18.2 Å². The van der Waals surface area contributed by atoms with E-state index in [1.54, 1.807) is 30.3 Å². The highest BCUT2D eigenvalue weighted by molar-refractivity contribution is 6.12. The van der Waals surface area contributed by atoms with Crippen molar-refractivity contribution in [3.63, 3.8) is 0 Å². The summed E-state index contributed by atoms with van der Waals surface area (Å²) in [6.07, 6.45) is -1.30. The molecule has 4 N–H and O–H groups in total. The number of ketones is 1. The number of hydrogen-bond acceptors (Lipinski definition) is 6. The number of quaternary nitrogens is 2. The van der Waals surface area contributed by atoms with Crippen molar-refractivity contribution in [1.29, 1.82) is 0 Å². The summed E-state index contributed by atoms with van der Waals surface area (Å²) in [6, 6.07) is 12.6. The molecule has 2 unspecified atom stereocenters. The Hall–Kier alpha value is -2.82. The molecule has 2 atom stereocenters. The molecular formula is C14H12N4O5. The Labute approximate surface area is 130 Å². The van der Waals surface area contributed by atoms with E-state index < -0.39 is 22.2 Å². The van der Waals surface area contributed by atoms with Gasteiger partial charge in [-0.3, -0.25) is 9.63 Å². The number of carbonyl (C=O) groups excluding carboxylic acids is 2. The summed E-state index contributed by atoms with van der Waals surface area (Å²) in [5.41, 5.74) is 5.16. The lowest BCUT2D eigenvalue weighted by atomic mass is 10.0. The summed E-state index contributed by atoms with van der Waals surface area (Å²) in [6.45, 7) is 0. The predicted octanol–water partition coefficient (Wildman–Crippen LogP) is -0.898. The van der Waals surface area contributed by atoms with E-state index in [0.29, 0.717) is 5.56 Å². The maximum atomic E-state index is 12.6. The average Bonchev–Trinajstić information content (AvgIpc) is 2.80. The van der Waals surface area contributed by atoms with Crippen molar-refractivity contribution < 1.29 is 24.8 Å². The van der Waals surface area contributed by atoms with E-state index in [2.05, 4.69) is 4.84 Å². The van der Waals surface area contributed by atoms with Crippen LogP contribution >= 0.6 is 0 Å². The monoisotopic (exact) mass is 316 g/mol. The fraction of sp³-hybridized carbons (Fsp3) is 0. The van der Waals surface area contributed by atoms with Gasteiger partial charge in [-0.05, 0) is 6.07 Å². The first-order valence-corrected chi connectivity index (χ1v) is 6.59. The van der Waals surface area contributed by atoms with Crippen LogP contribution < -0.4 is 16.1 Å². The molecule has 0 bridgehead atoms. The van der Waals surface area contributed by atoms with Crippen LogP contribution in [0.25, 0.3) is 0 Å². The molecule has 0 spiro atoms. The first-order chi connectivity index (χ1) is 11.0. The third-order valence-corrected chi connectivity index (χ3v) is 3.34. The van der Waals surface area contributed by atoms with Crippen molar-refractivity contribution in [3.05, 3.63) is 70.1 Å². The van der Waals surface area contributed by atoms with Crippen LogP contribution in [0, 0.1) is 10.4 Å². The van der Waals surface area contributed by atoms with Gasteiger partial charge in [0.1, 0.15) is 0 Å². The lowest BCUT2D eigenvalue weighted by molar-refractivity contribution is -1.18. The van der Waals surface area contributed by atoms with E-state index in [4.69, 9.17) is 5.73 Å². The molecule has 0 radical (unpaired) electrons. The topological polar surface area (TPSA) is 128 Å². The smallest absolute Gasteiger partial charge is 0.432 e. The minimum absolute atomic E-state index is 0.0157. The number of carbonyl (C=O) groups is 2. The van der Waals surface area contributed by atoms with Gasteiger partial charge in [0.15, 0.2) is 5.78 Å². The molecule has 0 fully saturated rings. The Balaban J connectivity index is 2.05. The fourth-order valence-corrected chi connectivity index (χ4v) is 2.37. The van der Waals surface area contributed by atoms with Crippen LogP contribution in [0.1, 0.15) is 15.9 Å². The highest BCUT2D eigenvalue weighted by Gasteiger charge is 2.42. The number of fused-ring (bicyclic) bond motifs is 1. The number of nitrogens with two attached hydrogens (primary N) is 1. The molecule has 1 aliphatic heterocycles. The van der Waals surface area contributed by atoms with Crippen molar-refractivity contribution in [2.24, 2.45) is 5.73 Å². The van der Waals surface area contributed by atoms with E-state index in [1.807, 2.05) is 0 Å². The Morgan fingerprint density at radius 1 is 1.00 bits per heavy atom. The molecule has 118 valence electrons. The molecule has 1 aliphatic rings.